The molecule has 2 N–H and O–H groups in total. The standard InChI is InChI=1S/C26H29ClN4O4/c1-2-34-25(32)20-10-8-17(9-11-20)16-28-26(33)29-22(18-6-4-3-5-7-18)24-31-30-23(35-24)19-12-14-21(27)15-13-19/h3-7,12-15,17,20,22H,2,8-11,16H2,1H3,(H2,28,29,33)/t17?,20?,22-/m0/s1. The molecule has 1 aliphatic rings. The van der Waals surface area contributed by atoms with Crippen LogP contribution in [0.15, 0.2) is 59.0 Å². The summed E-state index contributed by atoms with van der Waals surface area (Å²) in [4.78, 5) is 24.8. The lowest BCUT2D eigenvalue weighted by Crippen LogP contribution is -2.41. The van der Waals surface area contributed by atoms with Crippen molar-refractivity contribution in [3.05, 3.63) is 71.1 Å². The molecule has 9 heteroatoms. The molecule has 4 rings (SSSR count). The van der Waals surface area contributed by atoms with E-state index in [-0.39, 0.29) is 23.8 Å². The highest BCUT2D eigenvalue weighted by Crippen LogP contribution is 2.29. The van der Waals surface area contributed by atoms with Gasteiger partial charge in [-0.2, -0.15) is 0 Å². The van der Waals surface area contributed by atoms with Crippen LogP contribution in [0.3, 0.4) is 0 Å². The second-order valence-electron chi connectivity index (χ2n) is 8.62. The number of halogens is 1. The quantitative estimate of drug-likeness (QED) is 0.418. The molecule has 1 heterocycles. The maximum Gasteiger partial charge on any atom is 0.315 e. The van der Waals surface area contributed by atoms with Crippen molar-refractivity contribution >= 4 is 23.6 Å². The molecule has 0 radical (unpaired) electrons. The van der Waals surface area contributed by atoms with E-state index >= 15 is 0 Å². The number of aromatic nitrogens is 2. The van der Waals surface area contributed by atoms with Gasteiger partial charge < -0.3 is 19.8 Å². The van der Waals surface area contributed by atoms with Crippen LogP contribution in [0.1, 0.15) is 50.1 Å². The minimum absolute atomic E-state index is 0.0325. The Hall–Kier alpha value is -3.39. The lowest BCUT2D eigenvalue weighted by molar-refractivity contribution is -0.149. The monoisotopic (exact) mass is 496 g/mol. The number of hydrogen-bond donors (Lipinski definition) is 2. The van der Waals surface area contributed by atoms with Crippen molar-refractivity contribution in [1.82, 2.24) is 20.8 Å². The van der Waals surface area contributed by atoms with Gasteiger partial charge in [-0.25, -0.2) is 4.79 Å². The van der Waals surface area contributed by atoms with Gasteiger partial charge in [0.05, 0.1) is 12.5 Å². The molecule has 0 unspecified atom stereocenters. The molecule has 3 aromatic rings. The van der Waals surface area contributed by atoms with Gasteiger partial charge in [-0.05, 0) is 68.4 Å². The third-order valence-corrected chi connectivity index (χ3v) is 6.46. The molecule has 2 aromatic carbocycles. The molecule has 35 heavy (non-hydrogen) atoms. The van der Waals surface area contributed by atoms with Gasteiger partial charge >= 0.3 is 12.0 Å². The van der Waals surface area contributed by atoms with E-state index in [0.717, 1.165) is 36.8 Å². The molecule has 2 amide bonds. The van der Waals surface area contributed by atoms with Crippen molar-refractivity contribution in [2.45, 2.75) is 38.6 Å². The smallest absolute Gasteiger partial charge is 0.315 e. The van der Waals surface area contributed by atoms with Crippen molar-refractivity contribution in [3.8, 4) is 11.5 Å². The number of amides is 2. The summed E-state index contributed by atoms with van der Waals surface area (Å²) in [6.45, 7) is 2.76. The maximum atomic E-state index is 12.8. The zero-order valence-electron chi connectivity index (χ0n) is 19.6. The van der Waals surface area contributed by atoms with E-state index in [4.69, 9.17) is 20.8 Å². The zero-order valence-corrected chi connectivity index (χ0v) is 20.3. The van der Waals surface area contributed by atoms with Crippen LogP contribution in [0, 0.1) is 11.8 Å². The first-order valence-electron chi connectivity index (χ1n) is 11.9. The van der Waals surface area contributed by atoms with E-state index in [2.05, 4.69) is 20.8 Å². The summed E-state index contributed by atoms with van der Waals surface area (Å²) >= 11 is 5.97. The van der Waals surface area contributed by atoms with E-state index < -0.39 is 6.04 Å². The average Bonchev–Trinajstić information content (AvgIpc) is 3.37. The Bertz CT molecular complexity index is 1110. The van der Waals surface area contributed by atoms with Gasteiger partial charge in [0.1, 0.15) is 6.04 Å². The Balaban J connectivity index is 1.38. The van der Waals surface area contributed by atoms with E-state index in [1.807, 2.05) is 37.3 Å². The Kier molecular flexibility index (Phi) is 8.36. The summed E-state index contributed by atoms with van der Waals surface area (Å²) < 4.78 is 11.1. The fraction of sp³-hybridized carbons (Fsp3) is 0.385. The van der Waals surface area contributed by atoms with Crippen LogP contribution in [0.4, 0.5) is 4.79 Å². The number of urea groups is 1. The molecular weight excluding hydrogens is 468 g/mol. The lowest BCUT2D eigenvalue weighted by Gasteiger charge is -2.27. The number of carbonyl (C=O) groups is 2. The molecule has 1 atom stereocenters. The highest BCUT2D eigenvalue weighted by Gasteiger charge is 2.28. The van der Waals surface area contributed by atoms with Gasteiger partial charge in [-0.3, -0.25) is 4.79 Å². The van der Waals surface area contributed by atoms with Gasteiger partial charge in [-0.15, -0.1) is 10.2 Å². The molecular formula is C26H29ClN4O4. The van der Waals surface area contributed by atoms with Crippen molar-refractivity contribution in [3.63, 3.8) is 0 Å². The number of benzene rings is 2. The second-order valence-corrected chi connectivity index (χ2v) is 9.06. The molecule has 0 spiro atoms. The molecule has 0 bridgehead atoms. The fourth-order valence-corrected chi connectivity index (χ4v) is 4.40. The third-order valence-electron chi connectivity index (χ3n) is 6.21. The summed E-state index contributed by atoms with van der Waals surface area (Å²) in [5.74, 6) is 0.806. The number of nitrogens with one attached hydrogen (secondary N) is 2. The van der Waals surface area contributed by atoms with Crippen LogP contribution in [0.2, 0.25) is 5.02 Å². The van der Waals surface area contributed by atoms with Crippen LogP contribution in [0.5, 0.6) is 0 Å². The van der Waals surface area contributed by atoms with Gasteiger partial charge in [0.15, 0.2) is 0 Å². The molecule has 1 aliphatic carbocycles. The number of hydrogen-bond acceptors (Lipinski definition) is 6. The Morgan fingerprint density at radius 2 is 1.77 bits per heavy atom. The van der Waals surface area contributed by atoms with Gasteiger partial charge in [0.25, 0.3) is 0 Å². The van der Waals surface area contributed by atoms with Gasteiger partial charge in [0.2, 0.25) is 11.8 Å². The van der Waals surface area contributed by atoms with E-state index in [1.165, 1.54) is 0 Å². The molecule has 1 fully saturated rings. The highest BCUT2D eigenvalue weighted by molar-refractivity contribution is 6.30. The minimum atomic E-state index is -0.607. The predicted molar refractivity (Wildman–Crippen MR) is 132 cm³/mol. The topological polar surface area (TPSA) is 106 Å². The Morgan fingerprint density at radius 1 is 1.06 bits per heavy atom. The van der Waals surface area contributed by atoms with Crippen LogP contribution < -0.4 is 10.6 Å². The summed E-state index contributed by atoms with van der Waals surface area (Å²) in [5.41, 5.74) is 1.56. The third kappa shape index (κ3) is 6.60. The summed E-state index contributed by atoms with van der Waals surface area (Å²) in [6.07, 6.45) is 3.32. The molecule has 184 valence electrons. The number of carbonyl (C=O) groups excluding carboxylic acids is 2. The average molecular weight is 497 g/mol. The first-order chi connectivity index (χ1) is 17.0. The van der Waals surface area contributed by atoms with Crippen molar-refractivity contribution < 1.29 is 18.7 Å². The number of ether oxygens (including phenoxy) is 1. The van der Waals surface area contributed by atoms with Crippen LogP contribution in [0.25, 0.3) is 11.5 Å². The predicted octanol–water partition coefficient (Wildman–Crippen LogP) is 5.15. The van der Waals surface area contributed by atoms with E-state index in [0.29, 0.717) is 30.0 Å². The summed E-state index contributed by atoms with van der Waals surface area (Å²) in [7, 11) is 0. The minimum Gasteiger partial charge on any atom is -0.466 e. The number of rotatable bonds is 8. The normalized spacial score (nSPS) is 18.5. The van der Waals surface area contributed by atoms with Crippen molar-refractivity contribution in [2.24, 2.45) is 11.8 Å². The number of esters is 1. The molecule has 1 aromatic heterocycles. The second kappa shape index (κ2) is 11.8. The van der Waals surface area contributed by atoms with E-state index in [9.17, 15) is 9.59 Å². The van der Waals surface area contributed by atoms with Crippen molar-refractivity contribution in [1.29, 1.82) is 0 Å². The maximum absolute atomic E-state index is 12.8. The fourth-order valence-electron chi connectivity index (χ4n) is 4.28. The Morgan fingerprint density at radius 3 is 2.46 bits per heavy atom. The first kappa shape index (κ1) is 24.7. The SMILES string of the molecule is CCOC(=O)C1CCC(CNC(=O)N[C@@H](c2ccccc2)c2nnc(-c3ccc(Cl)cc3)o2)CC1. The summed E-state index contributed by atoms with van der Waals surface area (Å²) in [5, 5.41) is 14.9. The lowest BCUT2D eigenvalue weighted by atomic mass is 9.82. The molecule has 0 saturated heterocycles. The molecule has 0 aliphatic heterocycles. The molecule has 1 saturated carbocycles. The zero-order chi connectivity index (χ0) is 24.6. The van der Waals surface area contributed by atoms with E-state index in [1.54, 1.807) is 24.3 Å². The highest BCUT2D eigenvalue weighted by atomic mass is 35.5. The van der Waals surface area contributed by atoms with Gasteiger partial charge in [0, 0.05) is 17.1 Å². The van der Waals surface area contributed by atoms with Gasteiger partial charge in [-0.1, -0.05) is 41.9 Å². The van der Waals surface area contributed by atoms with Crippen molar-refractivity contribution in [2.75, 3.05) is 13.2 Å². The first-order valence-corrected chi connectivity index (χ1v) is 12.3. The summed E-state index contributed by atoms with van der Waals surface area (Å²) in [6, 6.07) is 15.6. The Labute approximate surface area is 209 Å². The van der Waals surface area contributed by atoms with Crippen LogP contribution in [-0.2, 0) is 9.53 Å². The van der Waals surface area contributed by atoms with Crippen LogP contribution >= 0.6 is 11.6 Å². The van der Waals surface area contributed by atoms with Crippen LogP contribution in [-0.4, -0.2) is 35.3 Å². The number of nitrogens with zero attached hydrogens (tertiary/aromatic N) is 2. The largest absolute Gasteiger partial charge is 0.466 e. The molecule has 8 nitrogen and oxygen atoms in total.